The van der Waals surface area contributed by atoms with Crippen LogP contribution >= 0.6 is 0 Å². The molecule has 1 aliphatic rings. The van der Waals surface area contributed by atoms with Crippen LogP contribution in [0.25, 0.3) is 0 Å². The Balaban J connectivity index is 0.00000169. The van der Waals surface area contributed by atoms with Crippen LogP contribution in [0, 0.1) is 5.92 Å². The van der Waals surface area contributed by atoms with E-state index in [1.54, 1.807) is 0 Å². The number of rotatable bonds is 3. The topological polar surface area (TPSA) is 69.2 Å². The Morgan fingerprint density at radius 3 is 2.43 bits per heavy atom. The van der Waals surface area contributed by atoms with Gasteiger partial charge >= 0.3 is 29.6 Å². The molecule has 1 saturated carbocycles. The third-order valence-corrected chi connectivity index (χ3v) is 3.32. The van der Waals surface area contributed by atoms with Crippen molar-refractivity contribution in [2.75, 3.05) is 0 Å². The maximum Gasteiger partial charge on any atom is 1.00 e. The van der Waals surface area contributed by atoms with Crippen LogP contribution in [-0.4, -0.2) is 19.0 Å². The molecule has 1 N–H and O–H groups in total. The van der Waals surface area contributed by atoms with Gasteiger partial charge in [-0.1, -0.05) is 26.2 Å². The van der Waals surface area contributed by atoms with Crippen molar-refractivity contribution >= 4 is 10.3 Å². The molecule has 0 aromatic heterocycles. The van der Waals surface area contributed by atoms with E-state index in [1.807, 2.05) is 6.92 Å². The first-order valence-electron chi connectivity index (χ1n) is 4.76. The molecule has 0 radical (unpaired) electrons. The summed E-state index contributed by atoms with van der Waals surface area (Å²) in [5.74, 6) is 0.345. The predicted molar refractivity (Wildman–Crippen MR) is 48.9 cm³/mol. The number of hydrogen-bond donors (Lipinski definition) is 1. The molecule has 0 amide bonds. The van der Waals surface area contributed by atoms with Crippen LogP contribution in [0.15, 0.2) is 0 Å². The molecule has 0 saturated heterocycles. The van der Waals surface area contributed by atoms with Crippen molar-refractivity contribution in [3.63, 3.8) is 0 Å². The molecule has 0 spiro atoms. The maximum atomic E-state index is 10.5. The van der Waals surface area contributed by atoms with E-state index in [1.165, 1.54) is 0 Å². The summed E-state index contributed by atoms with van der Waals surface area (Å²) in [5.41, 5.74) is 0. The molecule has 0 aromatic carbocycles. The summed E-state index contributed by atoms with van der Waals surface area (Å²) in [7, 11) is -4.27. The van der Waals surface area contributed by atoms with Gasteiger partial charge in [-0.3, -0.25) is 0 Å². The molecule has 1 rings (SSSR count). The second kappa shape index (κ2) is 6.45. The van der Waals surface area contributed by atoms with Gasteiger partial charge in [-0.2, -0.15) is 0 Å². The molecule has 14 heavy (non-hydrogen) atoms. The van der Waals surface area contributed by atoms with E-state index in [4.69, 9.17) is 0 Å². The third-order valence-electron chi connectivity index (χ3n) is 2.73. The van der Waals surface area contributed by atoms with Gasteiger partial charge in [-0.05, 0) is 18.8 Å². The fourth-order valence-corrected chi connectivity index (χ4v) is 2.72. The molecule has 0 bridgehead atoms. The molecule has 4 nitrogen and oxygen atoms in total. The fourth-order valence-electron chi connectivity index (χ4n) is 2.04. The normalized spacial score (nSPS) is 28.1. The zero-order valence-corrected chi connectivity index (χ0v) is 11.6. The average Bonchev–Trinajstić information content (AvgIpc) is 2.02. The molecule has 1 fully saturated rings. The SMILES string of the molecule is CCC1CCCCC1NS(=O)(=O)[O-].[Na+]. The van der Waals surface area contributed by atoms with Gasteiger partial charge in [0.05, 0.1) is 0 Å². The quantitative estimate of drug-likeness (QED) is 0.450. The van der Waals surface area contributed by atoms with Crippen molar-refractivity contribution in [1.29, 1.82) is 0 Å². The van der Waals surface area contributed by atoms with Crippen molar-refractivity contribution in [2.24, 2.45) is 5.92 Å². The summed E-state index contributed by atoms with van der Waals surface area (Å²) in [6.07, 6.45) is 4.94. The van der Waals surface area contributed by atoms with Gasteiger partial charge in [0.1, 0.15) is 0 Å². The number of hydrogen-bond acceptors (Lipinski definition) is 3. The van der Waals surface area contributed by atoms with Gasteiger partial charge in [-0.15, -0.1) is 0 Å². The first-order chi connectivity index (χ1) is 6.03. The zero-order valence-electron chi connectivity index (χ0n) is 8.82. The molecule has 6 heteroatoms. The van der Waals surface area contributed by atoms with E-state index in [0.29, 0.717) is 5.92 Å². The van der Waals surface area contributed by atoms with Crippen molar-refractivity contribution in [1.82, 2.24) is 4.72 Å². The first kappa shape index (κ1) is 14.9. The standard InChI is InChI=1S/C8H17NO3S.Na/c1-2-7-5-3-4-6-8(7)9-13(10,11)12;/h7-9H,2-6H2,1H3,(H,10,11,12);/q;+1/p-1. The molecule has 2 atom stereocenters. The minimum absolute atomic E-state index is 0. The molecule has 0 aromatic rings. The van der Waals surface area contributed by atoms with Crippen LogP contribution in [-0.2, 0) is 10.3 Å². The van der Waals surface area contributed by atoms with E-state index in [-0.39, 0.29) is 35.6 Å². The molecule has 0 heterocycles. The van der Waals surface area contributed by atoms with Gasteiger partial charge < -0.3 is 4.55 Å². The maximum absolute atomic E-state index is 10.5. The predicted octanol–water partition coefficient (Wildman–Crippen LogP) is -1.99. The van der Waals surface area contributed by atoms with Crippen LogP contribution in [0.1, 0.15) is 39.0 Å². The molecular formula is C8H16NNaO3S. The van der Waals surface area contributed by atoms with E-state index >= 15 is 0 Å². The van der Waals surface area contributed by atoms with Gasteiger partial charge in [-0.25, -0.2) is 13.1 Å². The Morgan fingerprint density at radius 1 is 1.36 bits per heavy atom. The smallest absolute Gasteiger partial charge is 0.735 e. The summed E-state index contributed by atoms with van der Waals surface area (Å²) in [6, 6.07) is -0.124. The van der Waals surface area contributed by atoms with E-state index in [2.05, 4.69) is 4.72 Å². The van der Waals surface area contributed by atoms with Crippen LogP contribution in [0.3, 0.4) is 0 Å². The largest absolute Gasteiger partial charge is 1.00 e. The minimum atomic E-state index is -4.27. The van der Waals surface area contributed by atoms with Crippen molar-refractivity contribution < 1.29 is 42.5 Å². The summed E-state index contributed by atoms with van der Waals surface area (Å²) in [6.45, 7) is 2.03. The fraction of sp³-hybridized carbons (Fsp3) is 1.00. The van der Waals surface area contributed by atoms with E-state index in [0.717, 1.165) is 32.1 Å². The van der Waals surface area contributed by atoms with Crippen LogP contribution in [0.5, 0.6) is 0 Å². The Bertz CT molecular complexity index is 255. The molecule has 1 aliphatic carbocycles. The zero-order chi connectivity index (χ0) is 9.90. The van der Waals surface area contributed by atoms with Crippen molar-refractivity contribution in [3.05, 3.63) is 0 Å². The second-order valence-electron chi connectivity index (χ2n) is 3.63. The monoisotopic (exact) mass is 229 g/mol. The molecule has 0 aliphatic heterocycles. The molecule has 2 unspecified atom stereocenters. The van der Waals surface area contributed by atoms with Crippen molar-refractivity contribution in [3.8, 4) is 0 Å². The summed E-state index contributed by atoms with van der Waals surface area (Å²) >= 11 is 0. The van der Waals surface area contributed by atoms with Gasteiger partial charge in [0, 0.05) is 6.04 Å². The Kier molecular flexibility index (Phi) is 6.85. The Hall–Kier alpha value is 0.870. The van der Waals surface area contributed by atoms with Crippen LogP contribution < -0.4 is 34.3 Å². The van der Waals surface area contributed by atoms with Gasteiger partial charge in [0.15, 0.2) is 10.3 Å². The first-order valence-corrected chi connectivity index (χ1v) is 6.17. The Morgan fingerprint density at radius 2 is 1.93 bits per heavy atom. The van der Waals surface area contributed by atoms with Gasteiger partial charge in [0.25, 0.3) is 0 Å². The average molecular weight is 229 g/mol. The summed E-state index contributed by atoms with van der Waals surface area (Å²) < 4.78 is 33.7. The summed E-state index contributed by atoms with van der Waals surface area (Å²) in [5, 5.41) is 0. The van der Waals surface area contributed by atoms with Gasteiger partial charge in [0.2, 0.25) is 0 Å². The Labute approximate surface area is 108 Å². The van der Waals surface area contributed by atoms with Crippen LogP contribution in [0.4, 0.5) is 0 Å². The molecular weight excluding hydrogens is 213 g/mol. The van der Waals surface area contributed by atoms with E-state index < -0.39 is 10.3 Å². The molecule has 78 valence electrons. The minimum Gasteiger partial charge on any atom is -0.735 e. The van der Waals surface area contributed by atoms with E-state index in [9.17, 15) is 13.0 Å². The summed E-state index contributed by atoms with van der Waals surface area (Å²) in [4.78, 5) is 0. The van der Waals surface area contributed by atoms with Crippen LogP contribution in [0.2, 0.25) is 0 Å². The number of nitrogens with one attached hydrogen (secondary N) is 1. The third kappa shape index (κ3) is 5.09. The van der Waals surface area contributed by atoms with Crippen molar-refractivity contribution in [2.45, 2.75) is 45.1 Å². The second-order valence-corrected chi connectivity index (χ2v) is 4.78.